The summed E-state index contributed by atoms with van der Waals surface area (Å²) in [6.45, 7) is 4.62. The summed E-state index contributed by atoms with van der Waals surface area (Å²) >= 11 is 0. The minimum atomic E-state index is 0.0590. The number of carbonyl (C=O) groups is 1. The summed E-state index contributed by atoms with van der Waals surface area (Å²) < 4.78 is 0. The van der Waals surface area contributed by atoms with Crippen molar-refractivity contribution in [2.75, 3.05) is 19.6 Å². The Kier molecular flexibility index (Phi) is 4.10. The van der Waals surface area contributed by atoms with E-state index in [1.54, 1.807) is 12.4 Å². The van der Waals surface area contributed by atoms with E-state index in [1.165, 1.54) is 0 Å². The lowest BCUT2D eigenvalue weighted by Crippen LogP contribution is -2.48. The number of piperidine rings is 1. The van der Waals surface area contributed by atoms with Crippen LogP contribution in [0, 0.1) is 0 Å². The van der Waals surface area contributed by atoms with Gasteiger partial charge in [0.15, 0.2) is 0 Å². The molecule has 0 aliphatic carbocycles. The molecule has 2 heterocycles. The summed E-state index contributed by atoms with van der Waals surface area (Å²) in [6.07, 6.45) is 5.46. The lowest BCUT2D eigenvalue weighted by molar-refractivity contribution is 0.0697. The molecule has 0 saturated carbocycles. The largest absolute Gasteiger partial charge is 0.337 e. The van der Waals surface area contributed by atoms with Crippen LogP contribution in [0.4, 0.5) is 0 Å². The van der Waals surface area contributed by atoms with Crippen molar-refractivity contribution >= 4 is 16.9 Å². The first kappa shape index (κ1) is 13.9. The molecule has 1 aromatic heterocycles. The topological polar surface area (TPSA) is 58.1 Å². The smallest absolute Gasteiger partial charge is 0.256 e. The molecule has 1 saturated heterocycles. The van der Waals surface area contributed by atoms with Crippen molar-refractivity contribution in [3.05, 3.63) is 36.2 Å². The van der Waals surface area contributed by atoms with Crippen molar-refractivity contribution in [1.82, 2.24) is 20.2 Å². The number of rotatable bonds is 3. The fraction of sp³-hybridized carbons (Fsp3) is 0.438. The Labute approximate surface area is 124 Å². The van der Waals surface area contributed by atoms with Crippen LogP contribution in [0.3, 0.4) is 0 Å². The number of hydrogen-bond donors (Lipinski definition) is 1. The van der Waals surface area contributed by atoms with Crippen molar-refractivity contribution in [1.29, 1.82) is 0 Å². The molecule has 0 radical (unpaired) electrons. The molecule has 1 aliphatic heterocycles. The molecule has 110 valence electrons. The molecule has 1 aromatic carbocycles. The van der Waals surface area contributed by atoms with Crippen LogP contribution in [0.15, 0.2) is 30.6 Å². The number of fused-ring (bicyclic) bond motifs is 1. The highest BCUT2D eigenvalue weighted by Gasteiger charge is 2.25. The molecule has 5 heteroatoms. The maximum atomic E-state index is 12.8. The lowest BCUT2D eigenvalue weighted by atomic mass is 10.0. The Morgan fingerprint density at radius 3 is 3.10 bits per heavy atom. The molecular weight excluding hydrogens is 264 g/mol. The molecular formula is C16H20N4O. The molecule has 1 atom stereocenters. The van der Waals surface area contributed by atoms with Gasteiger partial charge in [0.1, 0.15) is 5.52 Å². The van der Waals surface area contributed by atoms with Crippen molar-refractivity contribution in [2.24, 2.45) is 0 Å². The zero-order chi connectivity index (χ0) is 14.7. The van der Waals surface area contributed by atoms with Gasteiger partial charge in [-0.25, -0.2) is 0 Å². The molecule has 1 unspecified atom stereocenters. The van der Waals surface area contributed by atoms with Gasteiger partial charge in [-0.2, -0.15) is 0 Å². The van der Waals surface area contributed by atoms with Crippen LogP contribution in [-0.4, -0.2) is 46.5 Å². The molecule has 21 heavy (non-hydrogen) atoms. The Bertz CT molecular complexity index is 636. The summed E-state index contributed by atoms with van der Waals surface area (Å²) in [6, 6.07) is 6.00. The molecule has 0 spiro atoms. The Morgan fingerprint density at radius 1 is 1.38 bits per heavy atom. The molecule has 2 aromatic rings. The first-order chi connectivity index (χ1) is 10.3. The third-order valence-electron chi connectivity index (χ3n) is 3.93. The first-order valence-corrected chi connectivity index (χ1v) is 7.52. The zero-order valence-electron chi connectivity index (χ0n) is 12.2. The second-order valence-corrected chi connectivity index (χ2v) is 5.38. The van der Waals surface area contributed by atoms with E-state index < -0.39 is 0 Å². The van der Waals surface area contributed by atoms with Gasteiger partial charge in [-0.1, -0.05) is 13.0 Å². The lowest BCUT2D eigenvalue weighted by Gasteiger charge is -2.33. The normalized spacial score (nSPS) is 18.9. The van der Waals surface area contributed by atoms with Crippen LogP contribution in [0.2, 0.25) is 0 Å². The summed E-state index contributed by atoms with van der Waals surface area (Å²) in [7, 11) is 0. The maximum Gasteiger partial charge on any atom is 0.256 e. The quantitative estimate of drug-likeness (QED) is 0.934. The summed E-state index contributed by atoms with van der Waals surface area (Å²) in [5.74, 6) is 0.0590. The van der Waals surface area contributed by atoms with E-state index in [-0.39, 0.29) is 5.91 Å². The number of hydrogen-bond acceptors (Lipinski definition) is 4. The number of benzene rings is 1. The third kappa shape index (κ3) is 2.88. The Morgan fingerprint density at radius 2 is 2.24 bits per heavy atom. The number of nitrogens with zero attached hydrogens (tertiary/aromatic N) is 3. The van der Waals surface area contributed by atoms with E-state index >= 15 is 0 Å². The fourth-order valence-corrected chi connectivity index (χ4v) is 2.95. The van der Waals surface area contributed by atoms with Gasteiger partial charge in [0, 0.05) is 31.5 Å². The van der Waals surface area contributed by atoms with E-state index in [4.69, 9.17) is 0 Å². The zero-order valence-corrected chi connectivity index (χ0v) is 12.2. The second kappa shape index (κ2) is 6.18. The average molecular weight is 284 g/mol. The van der Waals surface area contributed by atoms with Crippen molar-refractivity contribution in [3.63, 3.8) is 0 Å². The molecule has 5 nitrogen and oxygen atoms in total. The van der Waals surface area contributed by atoms with E-state index in [0.717, 1.165) is 38.0 Å². The summed E-state index contributed by atoms with van der Waals surface area (Å²) in [5, 5.41) is 3.44. The van der Waals surface area contributed by atoms with E-state index in [2.05, 4.69) is 22.2 Å². The van der Waals surface area contributed by atoms with Crippen LogP contribution < -0.4 is 5.32 Å². The Balaban J connectivity index is 1.86. The van der Waals surface area contributed by atoms with Crippen molar-refractivity contribution in [2.45, 2.75) is 25.8 Å². The summed E-state index contributed by atoms with van der Waals surface area (Å²) in [5.41, 5.74) is 2.11. The predicted molar refractivity (Wildman–Crippen MR) is 82.1 cm³/mol. The van der Waals surface area contributed by atoms with Crippen LogP contribution in [0.25, 0.3) is 11.0 Å². The van der Waals surface area contributed by atoms with E-state index in [9.17, 15) is 4.79 Å². The highest BCUT2D eigenvalue weighted by molar-refractivity contribution is 6.04. The number of likely N-dealkylation sites (tertiary alicyclic amines) is 1. The molecule has 1 amide bonds. The number of aromatic nitrogens is 2. The van der Waals surface area contributed by atoms with E-state index in [0.29, 0.717) is 17.1 Å². The van der Waals surface area contributed by atoms with Gasteiger partial charge >= 0.3 is 0 Å². The number of carbonyl (C=O) groups excluding carboxylic acids is 1. The van der Waals surface area contributed by atoms with Crippen molar-refractivity contribution in [3.8, 4) is 0 Å². The monoisotopic (exact) mass is 284 g/mol. The van der Waals surface area contributed by atoms with Gasteiger partial charge in [0.05, 0.1) is 11.1 Å². The highest BCUT2D eigenvalue weighted by Crippen LogP contribution is 2.19. The SMILES string of the molecule is CCNC1CCCN(C(=O)c2cccc3nccnc23)C1. The number of amides is 1. The molecule has 1 fully saturated rings. The second-order valence-electron chi connectivity index (χ2n) is 5.38. The van der Waals surface area contributed by atoms with E-state index in [1.807, 2.05) is 23.1 Å². The predicted octanol–water partition coefficient (Wildman–Crippen LogP) is 1.84. The minimum absolute atomic E-state index is 0.0590. The molecule has 1 N–H and O–H groups in total. The summed E-state index contributed by atoms with van der Waals surface area (Å²) in [4.78, 5) is 23.3. The minimum Gasteiger partial charge on any atom is -0.337 e. The standard InChI is InChI=1S/C16H20N4O/c1-2-17-12-5-4-10-20(11-12)16(21)13-6-3-7-14-15(13)19-9-8-18-14/h3,6-9,12,17H,2,4-5,10-11H2,1H3. The number of nitrogens with one attached hydrogen (secondary N) is 1. The highest BCUT2D eigenvalue weighted by atomic mass is 16.2. The maximum absolute atomic E-state index is 12.8. The third-order valence-corrected chi connectivity index (χ3v) is 3.93. The van der Waals surface area contributed by atoms with Gasteiger partial charge in [0.2, 0.25) is 0 Å². The average Bonchev–Trinajstić information content (AvgIpc) is 2.54. The molecule has 1 aliphatic rings. The number of likely N-dealkylation sites (N-methyl/N-ethyl adjacent to an activating group) is 1. The van der Waals surface area contributed by atoms with Crippen LogP contribution >= 0.6 is 0 Å². The van der Waals surface area contributed by atoms with Gasteiger partial charge in [-0.15, -0.1) is 0 Å². The molecule has 3 rings (SSSR count). The van der Waals surface area contributed by atoms with Gasteiger partial charge in [-0.3, -0.25) is 14.8 Å². The van der Waals surface area contributed by atoms with Crippen LogP contribution in [0.5, 0.6) is 0 Å². The number of para-hydroxylation sites is 1. The molecule has 0 bridgehead atoms. The van der Waals surface area contributed by atoms with Crippen LogP contribution in [0.1, 0.15) is 30.1 Å². The van der Waals surface area contributed by atoms with Crippen LogP contribution in [-0.2, 0) is 0 Å². The van der Waals surface area contributed by atoms with Crippen molar-refractivity contribution < 1.29 is 4.79 Å². The Hall–Kier alpha value is -2.01. The van der Waals surface area contributed by atoms with Gasteiger partial charge < -0.3 is 10.2 Å². The van der Waals surface area contributed by atoms with Gasteiger partial charge in [-0.05, 0) is 31.5 Å². The fourth-order valence-electron chi connectivity index (χ4n) is 2.95. The first-order valence-electron chi connectivity index (χ1n) is 7.52. The van der Waals surface area contributed by atoms with Gasteiger partial charge in [0.25, 0.3) is 5.91 Å².